The summed E-state index contributed by atoms with van der Waals surface area (Å²) in [6.45, 7) is 3.79. The number of carbonyl (C=O) groups is 1. The Morgan fingerprint density at radius 1 is 1.25 bits per heavy atom. The number of halogens is 1. The summed E-state index contributed by atoms with van der Waals surface area (Å²) in [4.78, 5) is 32.4. The highest BCUT2D eigenvalue weighted by molar-refractivity contribution is 7.15. The van der Waals surface area contributed by atoms with Crippen LogP contribution in [0.3, 0.4) is 0 Å². The molecule has 0 radical (unpaired) electrons. The number of thiazole rings is 1. The van der Waals surface area contributed by atoms with Crippen LogP contribution in [0.4, 0.5) is 5.69 Å². The average Bonchev–Trinajstić information content (AvgIpc) is 3.08. The Labute approximate surface area is 171 Å². The maximum Gasteiger partial charge on any atom is 0.259 e. The summed E-state index contributed by atoms with van der Waals surface area (Å²) >= 11 is 7.60. The van der Waals surface area contributed by atoms with Crippen molar-refractivity contribution in [3.05, 3.63) is 62.0 Å². The summed E-state index contributed by atoms with van der Waals surface area (Å²) in [6, 6.07) is 6.76. The zero-order valence-corrected chi connectivity index (χ0v) is 17.1. The average molecular weight is 417 g/mol. The highest BCUT2D eigenvalue weighted by Crippen LogP contribution is 2.24. The van der Waals surface area contributed by atoms with Crippen LogP contribution in [0.25, 0.3) is 4.96 Å². The van der Waals surface area contributed by atoms with Crippen LogP contribution in [-0.4, -0.2) is 33.3 Å². The lowest BCUT2D eigenvalue weighted by atomic mass is 10.1. The van der Waals surface area contributed by atoms with Gasteiger partial charge >= 0.3 is 0 Å². The van der Waals surface area contributed by atoms with Crippen molar-refractivity contribution in [2.24, 2.45) is 0 Å². The third kappa shape index (κ3) is 3.77. The molecular formula is C20H21ClN4O2S. The number of rotatable bonds is 4. The Hall–Kier alpha value is -2.38. The smallest absolute Gasteiger partial charge is 0.259 e. The topological polar surface area (TPSA) is 66.7 Å². The molecule has 1 saturated heterocycles. The first-order valence-electron chi connectivity index (χ1n) is 9.32. The summed E-state index contributed by atoms with van der Waals surface area (Å²) in [5.41, 5.74) is 2.66. The molecule has 0 unspecified atom stereocenters. The van der Waals surface area contributed by atoms with Gasteiger partial charge in [0, 0.05) is 40.9 Å². The van der Waals surface area contributed by atoms with Gasteiger partial charge in [0.25, 0.3) is 11.5 Å². The van der Waals surface area contributed by atoms with E-state index in [2.05, 4.69) is 10.3 Å². The van der Waals surface area contributed by atoms with Crippen molar-refractivity contribution in [1.82, 2.24) is 14.3 Å². The Balaban J connectivity index is 1.58. The molecule has 0 aliphatic carbocycles. The van der Waals surface area contributed by atoms with Crippen molar-refractivity contribution in [1.29, 1.82) is 0 Å². The number of fused-ring (bicyclic) bond motifs is 1. The molecule has 1 aromatic carbocycles. The van der Waals surface area contributed by atoms with Gasteiger partial charge in [0.2, 0.25) is 0 Å². The molecule has 146 valence electrons. The van der Waals surface area contributed by atoms with E-state index < -0.39 is 0 Å². The number of benzene rings is 1. The fraction of sp³-hybridized carbons (Fsp3) is 0.350. The van der Waals surface area contributed by atoms with Gasteiger partial charge < -0.3 is 10.2 Å². The van der Waals surface area contributed by atoms with Crippen molar-refractivity contribution in [2.75, 3.05) is 18.4 Å². The molecule has 0 atom stereocenters. The van der Waals surface area contributed by atoms with Gasteiger partial charge in [-0.1, -0.05) is 11.6 Å². The molecule has 0 saturated carbocycles. The predicted octanol–water partition coefficient (Wildman–Crippen LogP) is 3.96. The van der Waals surface area contributed by atoms with E-state index in [1.54, 1.807) is 22.6 Å². The number of hydrogen-bond acceptors (Lipinski definition) is 5. The molecule has 1 amide bonds. The minimum Gasteiger partial charge on any atom is -0.379 e. The van der Waals surface area contributed by atoms with Crippen molar-refractivity contribution in [3.8, 4) is 0 Å². The van der Waals surface area contributed by atoms with Gasteiger partial charge in [0.15, 0.2) is 4.96 Å². The molecule has 6 nitrogen and oxygen atoms in total. The second kappa shape index (κ2) is 7.93. The van der Waals surface area contributed by atoms with Crippen LogP contribution in [0.15, 0.2) is 34.4 Å². The Kier molecular flexibility index (Phi) is 5.37. The first-order valence-corrected chi connectivity index (χ1v) is 10.6. The second-order valence-electron chi connectivity index (χ2n) is 6.98. The van der Waals surface area contributed by atoms with Crippen LogP contribution in [0.5, 0.6) is 0 Å². The maximum absolute atomic E-state index is 13.0. The highest BCUT2D eigenvalue weighted by Gasteiger charge is 2.21. The fourth-order valence-corrected chi connectivity index (χ4v) is 4.56. The first kappa shape index (κ1) is 19.0. The molecule has 0 spiro atoms. The lowest BCUT2D eigenvalue weighted by Crippen LogP contribution is -2.36. The normalized spacial score (nSPS) is 14.4. The number of carbonyl (C=O) groups excluding carboxylic acids is 1. The molecule has 8 heteroatoms. The lowest BCUT2D eigenvalue weighted by Gasteiger charge is -2.27. The number of aromatic nitrogens is 2. The molecule has 28 heavy (non-hydrogen) atoms. The molecule has 3 aromatic rings. The molecule has 2 aromatic heterocycles. The van der Waals surface area contributed by atoms with E-state index in [4.69, 9.17) is 11.6 Å². The van der Waals surface area contributed by atoms with Crippen LogP contribution in [0.1, 0.15) is 41.0 Å². The largest absolute Gasteiger partial charge is 0.379 e. The molecular weight excluding hydrogens is 396 g/mol. The van der Waals surface area contributed by atoms with E-state index in [-0.39, 0.29) is 11.5 Å². The first-order chi connectivity index (χ1) is 13.5. The van der Waals surface area contributed by atoms with Gasteiger partial charge in [-0.05, 0) is 44.4 Å². The zero-order valence-electron chi connectivity index (χ0n) is 15.6. The summed E-state index contributed by atoms with van der Waals surface area (Å²) in [7, 11) is 0. The van der Waals surface area contributed by atoms with E-state index in [9.17, 15) is 9.59 Å². The lowest BCUT2D eigenvalue weighted by molar-refractivity contribution is 0.0725. The number of piperidine rings is 1. The molecule has 1 aliphatic rings. The van der Waals surface area contributed by atoms with Gasteiger partial charge in [-0.2, -0.15) is 0 Å². The molecule has 1 aliphatic heterocycles. The molecule has 0 bridgehead atoms. The fourth-order valence-electron chi connectivity index (χ4n) is 3.49. The van der Waals surface area contributed by atoms with E-state index >= 15 is 0 Å². The van der Waals surface area contributed by atoms with Crippen LogP contribution >= 0.6 is 22.9 Å². The SMILES string of the molecule is Cc1csc2nc(CNc3cc(Cl)ccc3C(=O)N3CCCCC3)cc(=O)n12. The molecule has 1 N–H and O–H groups in total. The van der Waals surface area contributed by atoms with Gasteiger partial charge in [-0.3, -0.25) is 14.0 Å². The molecule has 1 fully saturated rings. The van der Waals surface area contributed by atoms with E-state index in [1.165, 1.54) is 23.8 Å². The number of anilines is 1. The van der Waals surface area contributed by atoms with Crippen molar-refractivity contribution >= 4 is 39.5 Å². The number of nitrogens with one attached hydrogen (secondary N) is 1. The van der Waals surface area contributed by atoms with Gasteiger partial charge in [-0.15, -0.1) is 11.3 Å². The summed E-state index contributed by atoms with van der Waals surface area (Å²) < 4.78 is 1.60. The number of likely N-dealkylation sites (tertiary alicyclic amines) is 1. The maximum atomic E-state index is 13.0. The van der Waals surface area contributed by atoms with Crippen LogP contribution in [0, 0.1) is 6.92 Å². The van der Waals surface area contributed by atoms with Crippen LogP contribution in [-0.2, 0) is 6.54 Å². The predicted molar refractivity (Wildman–Crippen MR) is 113 cm³/mol. The van der Waals surface area contributed by atoms with Crippen molar-refractivity contribution < 1.29 is 4.79 Å². The second-order valence-corrected chi connectivity index (χ2v) is 8.25. The molecule has 4 rings (SSSR count). The number of aryl methyl sites for hydroxylation is 1. The Bertz CT molecular complexity index is 1090. The van der Waals surface area contributed by atoms with E-state index in [0.717, 1.165) is 31.6 Å². The van der Waals surface area contributed by atoms with E-state index in [0.29, 0.717) is 33.5 Å². The van der Waals surface area contributed by atoms with Gasteiger partial charge in [0.1, 0.15) is 0 Å². The third-order valence-corrected chi connectivity index (χ3v) is 6.12. The van der Waals surface area contributed by atoms with E-state index in [1.807, 2.05) is 17.2 Å². The standard InChI is InChI=1S/C20H21ClN4O2S/c1-13-12-28-20-23-15(10-18(26)25(13)20)11-22-17-9-14(21)5-6-16(17)19(27)24-7-3-2-4-8-24/h5-6,9-10,12,22H,2-4,7-8,11H2,1H3. The summed E-state index contributed by atoms with van der Waals surface area (Å²) in [5, 5.41) is 5.71. The van der Waals surface area contributed by atoms with Gasteiger partial charge in [-0.25, -0.2) is 4.98 Å². The monoisotopic (exact) mass is 416 g/mol. The minimum atomic E-state index is -0.101. The Morgan fingerprint density at radius 3 is 2.82 bits per heavy atom. The number of nitrogens with zero attached hydrogens (tertiary/aromatic N) is 3. The highest BCUT2D eigenvalue weighted by atomic mass is 35.5. The van der Waals surface area contributed by atoms with Gasteiger partial charge in [0.05, 0.1) is 17.8 Å². The van der Waals surface area contributed by atoms with Crippen LogP contribution in [0.2, 0.25) is 5.02 Å². The third-order valence-electron chi connectivity index (χ3n) is 4.94. The summed E-state index contributed by atoms with van der Waals surface area (Å²) in [6.07, 6.45) is 3.24. The zero-order chi connectivity index (χ0) is 19.7. The van der Waals surface area contributed by atoms with Crippen LogP contribution < -0.4 is 10.9 Å². The minimum absolute atomic E-state index is 0.0104. The van der Waals surface area contributed by atoms with Crippen molar-refractivity contribution in [2.45, 2.75) is 32.7 Å². The Morgan fingerprint density at radius 2 is 2.04 bits per heavy atom. The molecule has 3 heterocycles. The van der Waals surface area contributed by atoms with Crippen molar-refractivity contribution in [3.63, 3.8) is 0 Å². The number of amides is 1. The quantitative estimate of drug-likeness (QED) is 0.699. The summed E-state index contributed by atoms with van der Waals surface area (Å²) in [5.74, 6) is 0.0104. The number of hydrogen-bond donors (Lipinski definition) is 1.